The summed E-state index contributed by atoms with van der Waals surface area (Å²) in [4.78, 5) is 58.1. The smallest absolute Gasteiger partial charge is 0.463 e. The van der Waals surface area contributed by atoms with Gasteiger partial charge < -0.3 is 34.2 Å². The molecule has 0 aliphatic heterocycles. The molecule has 0 spiro atoms. The number of allylic oxidation sites excluding steroid dienone is 12. The van der Waals surface area contributed by atoms with Crippen molar-refractivity contribution < 1.29 is 75.8 Å². The number of esters is 3. The van der Waals surface area contributed by atoms with Gasteiger partial charge in [0.1, 0.15) is 25.4 Å². The number of hydrogen-bond donors (Lipinski definition) is 4. The lowest BCUT2D eigenvalue weighted by Gasteiger charge is -2.21. The molecule has 0 aliphatic rings. The van der Waals surface area contributed by atoms with Gasteiger partial charge >= 0.3 is 33.6 Å². The van der Waals surface area contributed by atoms with Gasteiger partial charge in [-0.3, -0.25) is 32.5 Å². The second-order valence-corrected chi connectivity index (χ2v) is 23.7. The first-order valence-electron chi connectivity index (χ1n) is 31.2. The number of phosphoric ester groups is 2. The molecule has 0 fully saturated rings. The molecule has 0 aromatic rings. The largest absolute Gasteiger partial charge is 0.472 e. The third-order valence-electron chi connectivity index (χ3n) is 12.9. The monoisotopic (exact) mass is 1190 g/mol. The molecule has 18 heteroatoms. The maximum absolute atomic E-state index is 12.9. The number of hydrogen-bond acceptors (Lipinski definition) is 14. The molecule has 470 valence electrons. The fourth-order valence-electron chi connectivity index (χ4n) is 8.13. The summed E-state index contributed by atoms with van der Waals surface area (Å²) in [6.45, 7) is 2.47. The molecule has 0 aromatic heterocycles. The highest BCUT2D eigenvalue weighted by Crippen LogP contribution is 2.45. The number of carbonyl (C=O) groups is 3. The molecule has 5 atom stereocenters. The van der Waals surface area contributed by atoms with Gasteiger partial charge in [-0.05, 0) is 83.5 Å². The lowest BCUT2D eigenvalue weighted by atomic mass is 10.0. The van der Waals surface area contributed by atoms with Crippen LogP contribution in [0.2, 0.25) is 0 Å². The minimum Gasteiger partial charge on any atom is -0.463 e. The highest BCUT2D eigenvalue weighted by molar-refractivity contribution is 7.47. The van der Waals surface area contributed by atoms with Crippen LogP contribution in [0.3, 0.4) is 0 Å². The van der Waals surface area contributed by atoms with Crippen LogP contribution < -0.4 is 0 Å². The molecule has 0 saturated carbocycles. The molecule has 81 heavy (non-hydrogen) atoms. The van der Waals surface area contributed by atoms with E-state index in [0.29, 0.717) is 25.7 Å². The van der Waals surface area contributed by atoms with Gasteiger partial charge in [-0.2, -0.15) is 0 Å². The number of rotatable bonds is 59. The summed E-state index contributed by atoms with van der Waals surface area (Å²) in [6.07, 6.45) is 56.9. The van der Waals surface area contributed by atoms with Crippen LogP contribution in [0.4, 0.5) is 0 Å². The van der Waals surface area contributed by atoms with Gasteiger partial charge in [0.2, 0.25) is 0 Å². The number of phosphoric acid groups is 2. The van der Waals surface area contributed by atoms with Crippen molar-refractivity contribution >= 4 is 33.6 Å². The molecular weight excluding hydrogens is 1070 g/mol. The first-order chi connectivity index (χ1) is 39.2. The van der Waals surface area contributed by atoms with Crippen LogP contribution in [0.15, 0.2) is 72.9 Å². The maximum Gasteiger partial charge on any atom is 0.472 e. The molecular formula is C63H112O16P2. The summed E-state index contributed by atoms with van der Waals surface area (Å²) in [5, 5.41) is 20.5. The first kappa shape index (κ1) is 78.0. The van der Waals surface area contributed by atoms with Crippen molar-refractivity contribution in [3.8, 4) is 0 Å². The Labute approximate surface area is 490 Å². The van der Waals surface area contributed by atoms with E-state index >= 15 is 0 Å². The van der Waals surface area contributed by atoms with E-state index in [4.69, 9.17) is 32.3 Å². The third-order valence-corrected chi connectivity index (χ3v) is 14.8. The van der Waals surface area contributed by atoms with Crippen molar-refractivity contribution in [3.05, 3.63) is 72.9 Å². The van der Waals surface area contributed by atoms with Crippen molar-refractivity contribution in [3.63, 3.8) is 0 Å². The standard InChI is InChI=1S/C63H112O16P2/c1-4-7-10-13-16-19-22-25-27-28-30-33-34-37-40-43-46-49-61(66)73-52-58(64)53-75-80(69,70)76-54-59(65)55-77-81(71,72)78-57-60(79-63(68)51-48-45-42-39-36-31-24-21-18-15-12-9-6-3)56-74-62(67)50-47-44-41-38-35-32-29-26-23-20-17-14-11-8-5-2/h7,10,16,19,25-27,29-30,33,37,40,58-60,64-65H,4-6,8-9,11-15,17-18,20-24,28,31-32,34-36,38-39,41-57H2,1-3H3,(H,69,70)(H,71,72)/b10-7-,19-16-,27-25-,29-26-,33-30-,40-37-. The van der Waals surface area contributed by atoms with Crippen LogP contribution in [-0.4, -0.2) is 95.9 Å². The quantitative estimate of drug-likeness (QED) is 0.0146. The highest BCUT2D eigenvalue weighted by Gasteiger charge is 2.29. The van der Waals surface area contributed by atoms with Crippen molar-refractivity contribution in [1.29, 1.82) is 0 Å². The zero-order valence-corrected chi connectivity index (χ0v) is 52.2. The van der Waals surface area contributed by atoms with Crippen LogP contribution in [0.1, 0.15) is 252 Å². The molecule has 0 aromatic carbocycles. The summed E-state index contributed by atoms with van der Waals surface area (Å²) >= 11 is 0. The Morgan fingerprint density at radius 1 is 0.358 bits per heavy atom. The summed E-state index contributed by atoms with van der Waals surface area (Å²) in [7, 11) is -9.77. The van der Waals surface area contributed by atoms with E-state index in [1.165, 1.54) is 89.9 Å². The lowest BCUT2D eigenvalue weighted by molar-refractivity contribution is -0.161. The van der Waals surface area contributed by atoms with Crippen LogP contribution in [0.25, 0.3) is 0 Å². The van der Waals surface area contributed by atoms with Crippen LogP contribution in [-0.2, 0) is 55.8 Å². The van der Waals surface area contributed by atoms with Crippen molar-refractivity contribution in [1.82, 2.24) is 0 Å². The Morgan fingerprint density at radius 3 is 1.10 bits per heavy atom. The number of aliphatic hydroxyl groups is 2. The van der Waals surface area contributed by atoms with Gasteiger partial charge in [-0.15, -0.1) is 0 Å². The zero-order valence-electron chi connectivity index (χ0n) is 50.4. The van der Waals surface area contributed by atoms with E-state index in [1.807, 2.05) is 12.2 Å². The van der Waals surface area contributed by atoms with Gasteiger partial charge in [0.25, 0.3) is 0 Å². The average molecular weight is 1190 g/mol. The SMILES string of the molecule is CC/C=C\C/C=C\C/C=C\C/C=C\C/C=C\CCCC(=O)OCC(O)COP(=O)(O)OCC(O)COP(=O)(O)OCC(COC(=O)CCCCCCC/C=C\CCCCCCCC)OC(=O)CCCCCCCCCCCCCCC. The molecule has 0 heterocycles. The van der Waals surface area contributed by atoms with Crippen molar-refractivity contribution in [2.45, 2.75) is 270 Å². The Hall–Kier alpha value is -3.01. The average Bonchev–Trinajstić information content (AvgIpc) is 3.44. The molecule has 5 unspecified atom stereocenters. The van der Waals surface area contributed by atoms with E-state index in [-0.39, 0.29) is 19.3 Å². The van der Waals surface area contributed by atoms with E-state index in [9.17, 15) is 43.5 Å². The molecule has 0 aliphatic carbocycles. The topological polar surface area (TPSA) is 231 Å². The fourth-order valence-corrected chi connectivity index (χ4v) is 9.71. The first-order valence-corrected chi connectivity index (χ1v) is 34.2. The third kappa shape index (κ3) is 58.6. The Balaban J connectivity index is 4.71. The minimum absolute atomic E-state index is 0.106. The summed E-state index contributed by atoms with van der Waals surface area (Å²) in [6, 6.07) is 0. The molecule has 0 saturated heterocycles. The predicted octanol–water partition coefficient (Wildman–Crippen LogP) is 16.4. The predicted molar refractivity (Wildman–Crippen MR) is 325 cm³/mol. The highest BCUT2D eigenvalue weighted by atomic mass is 31.2. The van der Waals surface area contributed by atoms with Crippen LogP contribution in [0.5, 0.6) is 0 Å². The maximum atomic E-state index is 12.9. The number of unbranched alkanes of at least 4 members (excludes halogenated alkanes) is 24. The van der Waals surface area contributed by atoms with Crippen molar-refractivity contribution in [2.24, 2.45) is 0 Å². The molecule has 0 amide bonds. The van der Waals surface area contributed by atoms with E-state index < -0.39 is 91.5 Å². The molecule has 0 rings (SSSR count). The van der Waals surface area contributed by atoms with Crippen molar-refractivity contribution in [2.75, 3.05) is 39.6 Å². The van der Waals surface area contributed by atoms with Gasteiger partial charge in [0.05, 0.1) is 26.4 Å². The second kappa shape index (κ2) is 57.4. The molecule has 16 nitrogen and oxygen atoms in total. The van der Waals surface area contributed by atoms with Gasteiger partial charge in [-0.25, -0.2) is 9.13 Å². The number of carbonyl (C=O) groups excluding carboxylic acids is 3. The number of aliphatic hydroxyl groups excluding tert-OH is 2. The van der Waals surface area contributed by atoms with Gasteiger partial charge in [0.15, 0.2) is 6.10 Å². The lowest BCUT2D eigenvalue weighted by Crippen LogP contribution is -2.30. The van der Waals surface area contributed by atoms with Gasteiger partial charge in [0, 0.05) is 19.3 Å². The number of ether oxygens (including phenoxy) is 3. The van der Waals surface area contributed by atoms with Crippen LogP contribution >= 0.6 is 15.6 Å². The van der Waals surface area contributed by atoms with Crippen LogP contribution in [0, 0.1) is 0 Å². The summed E-state index contributed by atoms with van der Waals surface area (Å²) in [5.41, 5.74) is 0. The second-order valence-electron chi connectivity index (χ2n) is 20.8. The normalized spacial score (nSPS) is 14.9. The Bertz CT molecular complexity index is 1780. The van der Waals surface area contributed by atoms with Gasteiger partial charge in [-0.1, -0.05) is 222 Å². The zero-order chi connectivity index (χ0) is 59.6. The van der Waals surface area contributed by atoms with E-state index in [2.05, 4.69) is 81.5 Å². The summed E-state index contributed by atoms with van der Waals surface area (Å²) in [5.74, 6) is -1.63. The minimum atomic E-state index is -4.92. The Morgan fingerprint density at radius 2 is 0.667 bits per heavy atom. The Kier molecular flexibility index (Phi) is 55.3. The van der Waals surface area contributed by atoms with E-state index in [0.717, 1.165) is 96.3 Å². The van der Waals surface area contributed by atoms with E-state index in [1.54, 1.807) is 0 Å². The molecule has 0 bridgehead atoms. The molecule has 4 N–H and O–H groups in total. The summed E-state index contributed by atoms with van der Waals surface area (Å²) < 4.78 is 60.6. The molecule has 0 radical (unpaired) electrons. The fraction of sp³-hybridized carbons (Fsp3) is 0.762.